The summed E-state index contributed by atoms with van der Waals surface area (Å²) in [5, 5.41) is 0. The van der Waals surface area contributed by atoms with Gasteiger partial charge in [-0.3, -0.25) is 0 Å². The Kier molecular flexibility index (Phi) is 19.0. The van der Waals surface area contributed by atoms with Crippen LogP contribution in [0.25, 0.3) is 89.0 Å². The van der Waals surface area contributed by atoms with Gasteiger partial charge in [-0.2, -0.15) is 0 Å². The summed E-state index contributed by atoms with van der Waals surface area (Å²) in [5.41, 5.74) is 43.6. The monoisotopic (exact) mass is 1620 g/mol. The van der Waals surface area contributed by atoms with Gasteiger partial charge in [0, 0.05) is 50.7 Å². The number of nitrogens with zero attached hydrogens (tertiary/aromatic N) is 3. The fourth-order valence-corrected chi connectivity index (χ4v) is 20.4. The zero-order chi connectivity index (χ0) is 86.8. The zero-order valence-electron chi connectivity index (χ0n) is 75.9. The molecule has 125 heavy (non-hydrogen) atoms. The highest BCUT2D eigenvalue weighted by Crippen LogP contribution is 2.65. The van der Waals surface area contributed by atoms with E-state index in [0.717, 1.165) is 101 Å². The van der Waals surface area contributed by atoms with Crippen LogP contribution in [0.4, 0.5) is 51.2 Å². The predicted molar refractivity (Wildman–Crippen MR) is 536 cm³/mol. The van der Waals surface area contributed by atoms with E-state index < -0.39 is 5.41 Å². The first-order valence-electron chi connectivity index (χ1n) is 45.1. The Morgan fingerprint density at radius 1 is 0.192 bits per heavy atom. The van der Waals surface area contributed by atoms with E-state index in [4.69, 9.17) is 0 Å². The summed E-state index contributed by atoms with van der Waals surface area (Å²) < 4.78 is 0. The van der Waals surface area contributed by atoms with Gasteiger partial charge in [0.25, 0.3) is 6.71 Å². The van der Waals surface area contributed by atoms with Crippen LogP contribution < -0.4 is 31.1 Å². The molecule has 1 spiro atoms. The lowest BCUT2D eigenvalue weighted by molar-refractivity contribution is 0.568. The Labute approximate surface area is 742 Å². The molecule has 614 valence electrons. The number of hydrogen-bond acceptors (Lipinski definition) is 3. The minimum absolute atomic E-state index is 0.136. The van der Waals surface area contributed by atoms with Gasteiger partial charge in [-0.25, -0.2) is 0 Å². The highest BCUT2D eigenvalue weighted by molar-refractivity contribution is 7.00. The third-order valence-corrected chi connectivity index (χ3v) is 27.3. The van der Waals surface area contributed by atoms with Gasteiger partial charge in [-0.15, -0.1) is 0 Å². The third kappa shape index (κ3) is 13.6. The van der Waals surface area contributed by atoms with Crippen LogP contribution in [0.3, 0.4) is 0 Å². The molecule has 0 atom stereocenters. The smallest absolute Gasteiger partial charge is 0.252 e. The van der Waals surface area contributed by atoms with Crippen LogP contribution in [0.5, 0.6) is 0 Å². The maximum absolute atomic E-state index is 2.78. The summed E-state index contributed by atoms with van der Waals surface area (Å²) in [6.45, 7) is 42.4. The molecule has 0 amide bonds. The predicted octanol–water partition coefficient (Wildman–Crippen LogP) is 31.4. The average Bonchev–Trinajstić information content (AvgIpc) is 1.45. The van der Waals surface area contributed by atoms with E-state index in [1.165, 1.54) is 111 Å². The number of anilines is 9. The SMILES string of the molecule is CC(C)(C)c1cc(-c2ccc3c(c2)N(c2c(-c4ccccc4)cc(C(C)(C)C)cc2-c2ccccc2)c2cc(-c4ccc5c(c4)C4(c6ccccc6-c6ccccc64)c4ccccc4N5c4ccccc4)cc4c2B3c2ccc(-c3cc(C(C)(C)C)cc(C(C)(C)C)c3)cc2N4c2c(-c3ccccc3)cc(C(C)(C)C)cc2-c2ccccc2)cc(C(C)(C)C)c1. The van der Waals surface area contributed by atoms with Crippen LogP contribution in [0, 0.1) is 0 Å². The minimum atomic E-state index is -0.737. The minimum Gasteiger partial charge on any atom is -0.310 e. The van der Waals surface area contributed by atoms with Crippen LogP contribution in [0.15, 0.2) is 352 Å². The average molecular weight is 1620 g/mol. The molecule has 4 aliphatic rings. The molecule has 0 N–H and O–H groups in total. The molecule has 20 rings (SSSR count). The maximum Gasteiger partial charge on any atom is 0.252 e. The molecule has 1 aliphatic carbocycles. The van der Waals surface area contributed by atoms with Crippen molar-refractivity contribution in [1.29, 1.82) is 0 Å². The van der Waals surface area contributed by atoms with Crippen LogP contribution in [0.2, 0.25) is 0 Å². The van der Waals surface area contributed by atoms with Crippen molar-refractivity contribution in [2.75, 3.05) is 14.7 Å². The highest BCUT2D eigenvalue weighted by atomic mass is 15.2. The first-order valence-corrected chi connectivity index (χ1v) is 45.1. The summed E-state index contributed by atoms with van der Waals surface area (Å²) in [4.78, 5) is 8.10. The van der Waals surface area contributed by atoms with E-state index in [1.807, 2.05) is 0 Å². The molecule has 3 aliphatic heterocycles. The molecule has 16 aromatic rings. The molecule has 0 saturated heterocycles. The fraction of sp³-hybridized carbons (Fsp3) is 0.207. The number of benzene rings is 16. The van der Waals surface area contributed by atoms with Gasteiger partial charge in [0.15, 0.2) is 0 Å². The van der Waals surface area contributed by atoms with E-state index in [0.29, 0.717) is 0 Å². The molecule has 0 aromatic heterocycles. The second-order valence-corrected chi connectivity index (χ2v) is 41.7. The quantitative estimate of drug-likeness (QED) is 0.126. The van der Waals surface area contributed by atoms with Crippen molar-refractivity contribution >= 4 is 74.3 Å². The van der Waals surface area contributed by atoms with Gasteiger partial charge in [0.2, 0.25) is 0 Å². The van der Waals surface area contributed by atoms with E-state index in [2.05, 4.69) is 491 Å². The largest absolute Gasteiger partial charge is 0.310 e. The number of hydrogen-bond donors (Lipinski definition) is 0. The number of fused-ring (bicyclic) bond motifs is 13. The van der Waals surface area contributed by atoms with Gasteiger partial charge in [-0.1, -0.05) is 398 Å². The summed E-state index contributed by atoms with van der Waals surface area (Å²) in [7, 11) is 0. The van der Waals surface area contributed by atoms with Gasteiger partial charge < -0.3 is 14.7 Å². The molecule has 16 aromatic carbocycles. The van der Waals surface area contributed by atoms with E-state index in [9.17, 15) is 0 Å². The molecule has 0 unspecified atom stereocenters. The summed E-state index contributed by atoms with van der Waals surface area (Å²) in [6.07, 6.45) is 0. The normalized spacial score (nSPS) is 13.8. The lowest BCUT2D eigenvalue weighted by atomic mass is 9.33. The second-order valence-electron chi connectivity index (χ2n) is 41.7. The molecule has 3 nitrogen and oxygen atoms in total. The van der Waals surface area contributed by atoms with Crippen molar-refractivity contribution in [3.05, 3.63) is 407 Å². The first kappa shape index (κ1) is 80.4. The lowest BCUT2D eigenvalue weighted by Gasteiger charge is -2.46. The molecule has 0 saturated carbocycles. The summed E-state index contributed by atoms with van der Waals surface area (Å²) >= 11 is 0. The Morgan fingerprint density at radius 3 is 0.848 bits per heavy atom. The van der Waals surface area contributed by atoms with E-state index >= 15 is 0 Å². The van der Waals surface area contributed by atoms with E-state index in [-0.39, 0.29) is 39.2 Å². The van der Waals surface area contributed by atoms with Crippen LogP contribution >= 0.6 is 0 Å². The Balaban J connectivity index is 1.00. The van der Waals surface area contributed by atoms with Crippen molar-refractivity contribution in [1.82, 2.24) is 0 Å². The van der Waals surface area contributed by atoms with Crippen molar-refractivity contribution < 1.29 is 0 Å². The lowest BCUT2D eigenvalue weighted by Crippen LogP contribution is -2.61. The molecular weight excluding hydrogens is 1510 g/mol. The molecule has 3 heterocycles. The van der Waals surface area contributed by atoms with Gasteiger partial charge >= 0.3 is 0 Å². The Bertz CT molecular complexity index is 6420. The zero-order valence-corrected chi connectivity index (χ0v) is 75.9. The standard InChI is InChI=1S/C121H112BN3/c1-115(2,3)87-62-84(63-88(71-87)116(4,5)6)82-56-59-104-108(67-82)124(113-96(77-40-24-19-25-41-77)73-91(119(13,14)15)74-97(113)78-42-26-20-27-43-78)110-69-86(81-58-61-107-103(66-81)121(100-52-36-34-50-94(100)95-51-35-37-53-101(95)121)102-54-38-39-55-106(102)123(107)93-48-32-23-33-49-93)70-111-112(110)122(104)105-60-57-83(85-64-89(117(7,8)9)72-90(65-85)118(10,11)12)68-109(105)125(111)114-98(79-44-28-21-29-45-79)75-92(120(16,17)18)76-99(114)80-46-30-22-31-47-80/h19-76H,1-18H3. The van der Waals surface area contributed by atoms with Crippen molar-refractivity contribution in [3.63, 3.8) is 0 Å². The van der Waals surface area contributed by atoms with Gasteiger partial charge in [0.1, 0.15) is 0 Å². The van der Waals surface area contributed by atoms with Gasteiger partial charge in [-0.05, 0) is 250 Å². The van der Waals surface area contributed by atoms with Crippen LogP contribution in [-0.4, -0.2) is 6.71 Å². The summed E-state index contributed by atoms with van der Waals surface area (Å²) in [6, 6.07) is 137. The molecule has 0 radical (unpaired) electrons. The Hall–Kier alpha value is -13.0. The number of rotatable bonds is 10. The van der Waals surface area contributed by atoms with Crippen molar-refractivity contribution in [3.8, 4) is 89.0 Å². The third-order valence-electron chi connectivity index (χ3n) is 27.3. The molecule has 0 bridgehead atoms. The van der Waals surface area contributed by atoms with Gasteiger partial charge in [0.05, 0.1) is 28.2 Å². The first-order chi connectivity index (χ1) is 59.8. The van der Waals surface area contributed by atoms with Crippen LogP contribution in [0.1, 0.15) is 180 Å². The molecule has 4 heteroatoms. The Morgan fingerprint density at radius 2 is 0.480 bits per heavy atom. The van der Waals surface area contributed by atoms with Crippen molar-refractivity contribution in [2.45, 2.75) is 163 Å². The van der Waals surface area contributed by atoms with Crippen LogP contribution in [-0.2, 0) is 37.9 Å². The highest BCUT2D eigenvalue weighted by Gasteiger charge is 2.53. The second kappa shape index (κ2) is 29.6. The molecular formula is C121H112BN3. The fourth-order valence-electron chi connectivity index (χ4n) is 20.4. The number of para-hydroxylation sites is 2. The summed E-state index contributed by atoms with van der Waals surface area (Å²) in [5.74, 6) is 0. The van der Waals surface area contributed by atoms with E-state index in [1.54, 1.807) is 0 Å². The molecule has 0 fully saturated rings. The maximum atomic E-state index is 2.78. The topological polar surface area (TPSA) is 9.72 Å². The van der Waals surface area contributed by atoms with Crippen molar-refractivity contribution in [2.24, 2.45) is 0 Å².